The molecule has 124 valence electrons. The van der Waals surface area contributed by atoms with E-state index in [9.17, 15) is 4.79 Å². The molecule has 5 nitrogen and oxygen atoms in total. The van der Waals surface area contributed by atoms with Crippen molar-refractivity contribution in [1.29, 1.82) is 0 Å². The monoisotopic (exact) mass is 331 g/mol. The number of H-pyrrole nitrogens is 1. The molecule has 4 aromatic rings. The minimum absolute atomic E-state index is 0.192. The van der Waals surface area contributed by atoms with E-state index in [2.05, 4.69) is 15.3 Å². The van der Waals surface area contributed by atoms with Crippen molar-refractivity contribution in [2.75, 3.05) is 7.11 Å². The van der Waals surface area contributed by atoms with Gasteiger partial charge in [0.1, 0.15) is 11.6 Å². The minimum Gasteiger partial charge on any atom is -0.496 e. The molecule has 0 aliphatic rings. The van der Waals surface area contributed by atoms with Crippen molar-refractivity contribution in [2.24, 2.45) is 0 Å². The number of hydrogen-bond acceptors (Lipinski definition) is 3. The number of benzene rings is 3. The third-order valence-corrected chi connectivity index (χ3v) is 4.17. The molecule has 0 saturated heterocycles. The highest BCUT2D eigenvalue weighted by Crippen LogP contribution is 2.26. The zero-order valence-corrected chi connectivity index (χ0v) is 13.7. The molecule has 0 bridgehead atoms. The molecule has 1 heterocycles. The smallest absolute Gasteiger partial charge is 0.255 e. The Balaban J connectivity index is 1.58. The normalized spacial score (nSPS) is 10.9. The zero-order valence-electron chi connectivity index (χ0n) is 13.7. The van der Waals surface area contributed by atoms with Gasteiger partial charge in [-0.1, -0.05) is 36.4 Å². The molecule has 5 heteroatoms. The maximum atomic E-state index is 12.6. The number of nitrogens with one attached hydrogen (secondary N) is 2. The molecule has 1 aromatic heterocycles. The van der Waals surface area contributed by atoms with Crippen LogP contribution in [0.15, 0.2) is 60.7 Å². The van der Waals surface area contributed by atoms with Crippen LogP contribution in [-0.2, 0) is 6.54 Å². The first-order chi connectivity index (χ1) is 12.2. The van der Waals surface area contributed by atoms with Crippen LogP contribution in [0, 0.1) is 0 Å². The molecule has 0 atom stereocenters. The van der Waals surface area contributed by atoms with Crippen LogP contribution in [0.3, 0.4) is 0 Å². The van der Waals surface area contributed by atoms with E-state index in [0.717, 1.165) is 21.8 Å². The Morgan fingerprint density at radius 1 is 1.08 bits per heavy atom. The molecule has 0 unspecified atom stereocenters. The third-order valence-electron chi connectivity index (χ3n) is 4.17. The second-order valence-electron chi connectivity index (χ2n) is 5.78. The molecule has 0 saturated carbocycles. The predicted molar refractivity (Wildman–Crippen MR) is 97.8 cm³/mol. The zero-order chi connectivity index (χ0) is 17.2. The van der Waals surface area contributed by atoms with Gasteiger partial charge in [-0.25, -0.2) is 4.98 Å². The lowest BCUT2D eigenvalue weighted by Crippen LogP contribution is -2.24. The summed E-state index contributed by atoms with van der Waals surface area (Å²) < 4.78 is 5.39. The lowest BCUT2D eigenvalue weighted by atomic mass is 10.1. The van der Waals surface area contributed by atoms with Crippen molar-refractivity contribution in [3.05, 3.63) is 72.1 Å². The van der Waals surface area contributed by atoms with Crippen molar-refractivity contribution in [2.45, 2.75) is 6.54 Å². The quantitative estimate of drug-likeness (QED) is 0.600. The summed E-state index contributed by atoms with van der Waals surface area (Å²) in [5.74, 6) is 1.08. The molecule has 1 amide bonds. The molecule has 0 spiro atoms. The molecule has 2 N–H and O–H groups in total. The van der Waals surface area contributed by atoms with E-state index in [0.29, 0.717) is 23.7 Å². The number of imidazole rings is 1. The number of hydrogen-bond donors (Lipinski definition) is 2. The van der Waals surface area contributed by atoms with Gasteiger partial charge >= 0.3 is 0 Å². The van der Waals surface area contributed by atoms with Crippen LogP contribution in [0.5, 0.6) is 5.75 Å². The van der Waals surface area contributed by atoms with Crippen LogP contribution in [0.2, 0.25) is 0 Å². The lowest BCUT2D eigenvalue weighted by molar-refractivity contribution is 0.0947. The molecule has 3 aromatic carbocycles. The Labute approximate surface area is 144 Å². The first kappa shape index (κ1) is 15.2. The van der Waals surface area contributed by atoms with Crippen molar-refractivity contribution in [3.8, 4) is 5.75 Å². The van der Waals surface area contributed by atoms with Gasteiger partial charge in [0.2, 0.25) is 0 Å². The molecular weight excluding hydrogens is 314 g/mol. The van der Waals surface area contributed by atoms with Crippen LogP contribution in [0.25, 0.3) is 21.8 Å². The average molecular weight is 331 g/mol. The van der Waals surface area contributed by atoms with Gasteiger partial charge in [0, 0.05) is 0 Å². The van der Waals surface area contributed by atoms with Gasteiger partial charge in [-0.15, -0.1) is 0 Å². The summed E-state index contributed by atoms with van der Waals surface area (Å²) in [7, 11) is 1.57. The van der Waals surface area contributed by atoms with Crippen molar-refractivity contribution < 1.29 is 9.53 Å². The summed E-state index contributed by atoms with van der Waals surface area (Å²) in [4.78, 5) is 20.3. The van der Waals surface area contributed by atoms with E-state index in [-0.39, 0.29) is 5.91 Å². The van der Waals surface area contributed by atoms with Crippen LogP contribution in [0.4, 0.5) is 0 Å². The summed E-state index contributed by atoms with van der Waals surface area (Å²) in [6, 6.07) is 19.4. The Bertz CT molecular complexity index is 1040. The fraction of sp³-hybridized carbons (Fsp3) is 0.100. The highest BCUT2D eigenvalue weighted by atomic mass is 16.5. The number of amides is 1. The molecule has 25 heavy (non-hydrogen) atoms. The summed E-state index contributed by atoms with van der Waals surface area (Å²) >= 11 is 0. The molecule has 0 fully saturated rings. The number of aromatic amines is 1. The van der Waals surface area contributed by atoms with Gasteiger partial charge in [0.15, 0.2) is 0 Å². The fourth-order valence-electron chi connectivity index (χ4n) is 2.91. The third kappa shape index (κ3) is 2.92. The number of fused-ring (bicyclic) bond motifs is 2. The molecule has 4 rings (SSSR count). The number of carbonyl (C=O) groups is 1. The van der Waals surface area contributed by atoms with E-state index in [4.69, 9.17) is 4.74 Å². The average Bonchev–Trinajstić information content (AvgIpc) is 3.08. The summed E-state index contributed by atoms with van der Waals surface area (Å²) in [5.41, 5.74) is 2.35. The Hall–Kier alpha value is -3.34. The van der Waals surface area contributed by atoms with Gasteiger partial charge in [0.05, 0.1) is 30.3 Å². The number of nitrogens with zero attached hydrogens (tertiary/aromatic N) is 1. The second kappa shape index (κ2) is 6.28. The number of rotatable bonds is 4. The van der Waals surface area contributed by atoms with Gasteiger partial charge in [-0.2, -0.15) is 0 Å². The van der Waals surface area contributed by atoms with Gasteiger partial charge in [-0.05, 0) is 35.0 Å². The summed E-state index contributed by atoms with van der Waals surface area (Å²) in [5, 5.41) is 4.94. The second-order valence-corrected chi connectivity index (χ2v) is 5.78. The predicted octanol–water partition coefficient (Wildman–Crippen LogP) is 3.65. The topological polar surface area (TPSA) is 67.0 Å². The highest BCUT2D eigenvalue weighted by molar-refractivity contribution is 6.01. The first-order valence-corrected chi connectivity index (χ1v) is 8.03. The van der Waals surface area contributed by atoms with Crippen molar-refractivity contribution >= 4 is 27.7 Å². The van der Waals surface area contributed by atoms with Crippen LogP contribution >= 0.6 is 0 Å². The Morgan fingerprint density at radius 3 is 2.56 bits per heavy atom. The Kier molecular flexibility index (Phi) is 3.82. The number of aromatic nitrogens is 2. The van der Waals surface area contributed by atoms with E-state index in [1.54, 1.807) is 7.11 Å². The maximum Gasteiger partial charge on any atom is 0.255 e. The number of carbonyl (C=O) groups excluding carboxylic acids is 1. The van der Waals surface area contributed by atoms with Gasteiger partial charge in [-0.3, -0.25) is 4.79 Å². The highest BCUT2D eigenvalue weighted by Gasteiger charge is 2.14. The van der Waals surface area contributed by atoms with Crippen LogP contribution in [0.1, 0.15) is 16.2 Å². The molecule has 0 aliphatic heterocycles. The van der Waals surface area contributed by atoms with Crippen molar-refractivity contribution in [3.63, 3.8) is 0 Å². The summed E-state index contributed by atoms with van der Waals surface area (Å²) in [6.07, 6.45) is 0. The number of ether oxygens (including phenoxy) is 1. The van der Waals surface area contributed by atoms with E-state index >= 15 is 0 Å². The van der Waals surface area contributed by atoms with Crippen molar-refractivity contribution in [1.82, 2.24) is 15.3 Å². The number of para-hydroxylation sites is 2. The lowest BCUT2D eigenvalue weighted by Gasteiger charge is -2.10. The Morgan fingerprint density at radius 2 is 1.80 bits per heavy atom. The molecule has 0 radical (unpaired) electrons. The summed E-state index contributed by atoms with van der Waals surface area (Å²) in [6.45, 7) is 0.323. The van der Waals surface area contributed by atoms with E-state index < -0.39 is 0 Å². The standard InChI is InChI=1S/C20H17N3O2/c1-25-18-11-14-7-3-2-6-13(14)10-15(18)20(24)21-12-19-22-16-8-4-5-9-17(16)23-19/h2-11H,12H2,1H3,(H,21,24)(H,22,23). The molecular formula is C20H17N3O2. The van der Waals surface area contributed by atoms with E-state index in [1.807, 2.05) is 60.7 Å². The number of methoxy groups -OCH3 is 1. The van der Waals surface area contributed by atoms with Crippen LogP contribution in [-0.4, -0.2) is 23.0 Å². The van der Waals surface area contributed by atoms with E-state index in [1.165, 1.54) is 0 Å². The SMILES string of the molecule is COc1cc2ccccc2cc1C(=O)NCc1nc2ccccc2[nH]1. The van der Waals surface area contributed by atoms with Gasteiger partial charge < -0.3 is 15.0 Å². The minimum atomic E-state index is -0.192. The first-order valence-electron chi connectivity index (χ1n) is 8.03. The maximum absolute atomic E-state index is 12.6. The largest absolute Gasteiger partial charge is 0.496 e. The van der Waals surface area contributed by atoms with Crippen LogP contribution < -0.4 is 10.1 Å². The fourth-order valence-corrected chi connectivity index (χ4v) is 2.91. The van der Waals surface area contributed by atoms with Gasteiger partial charge in [0.25, 0.3) is 5.91 Å². The molecule has 0 aliphatic carbocycles.